The second-order valence-corrected chi connectivity index (χ2v) is 9.29. The molecular weight excluding hydrogens is 408 g/mol. The minimum absolute atomic E-state index is 0.0794. The summed E-state index contributed by atoms with van der Waals surface area (Å²) in [7, 11) is 2.18. The van der Waals surface area contributed by atoms with Crippen molar-refractivity contribution < 1.29 is 4.79 Å². The Kier molecular flexibility index (Phi) is 6.40. The van der Waals surface area contributed by atoms with Crippen LogP contribution in [0.4, 0.5) is 0 Å². The van der Waals surface area contributed by atoms with E-state index in [1.807, 2.05) is 30.6 Å². The lowest BCUT2D eigenvalue weighted by molar-refractivity contribution is -0.120. The third-order valence-corrected chi connectivity index (χ3v) is 7.03. The summed E-state index contributed by atoms with van der Waals surface area (Å²) < 4.78 is 0. The molecule has 0 radical (unpaired) electrons. The van der Waals surface area contributed by atoms with Gasteiger partial charge in [0.2, 0.25) is 5.91 Å². The van der Waals surface area contributed by atoms with Crippen molar-refractivity contribution in [1.29, 1.82) is 0 Å². The van der Waals surface area contributed by atoms with Crippen LogP contribution in [0.1, 0.15) is 37.7 Å². The van der Waals surface area contributed by atoms with Gasteiger partial charge in [-0.3, -0.25) is 9.78 Å². The van der Waals surface area contributed by atoms with Gasteiger partial charge < -0.3 is 15.2 Å². The van der Waals surface area contributed by atoms with Crippen molar-refractivity contribution in [3.63, 3.8) is 0 Å². The molecule has 170 valence electrons. The Morgan fingerprint density at radius 3 is 2.82 bits per heavy atom. The first-order chi connectivity index (χ1) is 16.2. The lowest BCUT2D eigenvalue weighted by Gasteiger charge is -2.31. The predicted octanol–water partition coefficient (Wildman–Crippen LogP) is 5.31. The predicted molar refractivity (Wildman–Crippen MR) is 135 cm³/mol. The first-order valence-corrected chi connectivity index (χ1v) is 12.1. The fraction of sp³-hybridized carbons (Fsp3) is 0.357. The zero-order valence-corrected chi connectivity index (χ0v) is 19.3. The standard InChI is InChI=1S/C28H32N4O/c1-32(24-8-3-2-4-9-24)14-13-29-28(33)17-23-19-31-27-16-20(11-12-25(23)27)22-15-21-7-5-6-10-26(21)30-18-22/h5-7,10-12,15-16,18-19,24,31H,2-4,8-9,13-14,17H2,1H3,(H,29,33). The molecule has 33 heavy (non-hydrogen) atoms. The Balaban J connectivity index is 1.21. The number of carbonyl (C=O) groups is 1. The average molecular weight is 441 g/mol. The summed E-state index contributed by atoms with van der Waals surface area (Å²) in [5, 5.41) is 5.34. The van der Waals surface area contributed by atoms with Gasteiger partial charge in [0.15, 0.2) is 0 Å². The molecule has 2 N–H and O–H groups in total. The van der Waals surface area contributed by atoms with Crippen molar-refractivity contribution in [2.24, 2.45) is 0 Å². The summed E-state index contributed by atoms with van der Waals surface area (Å²) in [4.78, 5) is 22.9. The minimum atomic E-state index is 0.0794. The normalized spacial score (nSPS) is 14.8. The van der Waals surface area contributed by atoms with Gasteiger partial charge in [-0.15, -0.1) is 0 Å². The van der Waals surface area contributed by atoms with Gasteiger partial charge in [0.05, 0.1) is 11.9 Å². The summed E-state index contributed by atoms with van der Waals surface area (Å²) in [6, 6.07) is 17.4. The van der Waals surface area contributed by atoms with Crippen molar-refractivity contribution in [3.8, 4) is 11.1 Å². The maximum atomic E-state index is 12.6. The highest BCUT2D eigenvalue weighted by atomic mass is 16.1. The molecule has 1 aliphatic rings. The summed E-state index contributed by atoms with van der Waals surface area (Å²) in [6.07, 6.45) is 10.9. The molecule has 0 saturated heterocycles. The quantitative estimate of drug-likeness (QED) is 0.410. The molecule has 5 nitrogen and oxygen atoms in total. The number of nitrogens with zero attached hydrogens (tertiary/aromatic N) is 2. The third kappa shape index (κ3) is 4.93. The van der Waals surface area contributed by atoms with Gasteiger partial charge in [-0.2, -0.15) is 0 Å². The molecule has 0 bridgehead atoms. The molecule has 4 aromatic rings. The molecule has 1 fully saturated rings. The molecular formula is C28H32N4O. The Hall–Kier alpha value is -3.18. The van der Waals surface area contributed by atoms with E-state index < -0.39 is 0 Å². The maximum Gasteiger partial charge on any atom is 0.224 e. The topological polar surface area (TPSA) is 61.0 Å². The van der Waals surface area contributed by atoms with E-state index in [9.17, 15) is 4.79 Å². The summed E-state index contributed by atoms with van der Waals surface area (Å²) in [6.45, 7) is 1.61. The third-order valence-electron chi connectivity index (χ3n) is 7.03. The number of carbonyl (C=O) groups excluding carboxylic acids is 1. The Morgan fingerprint density at radius 1 is 1.09 bits per heavy atom. The second-order valence-electron chi connectivity index (χ2n) is 9.29. The molecule has 1 saturated carbocycles. The molecule has 2 aromatic carbocycles. The number of hydrogen-bond donors (Lipinski definition) is 2. The van der Waals surface area contributed by atoms with E-state index in [2.05, 4.69) is 57.6 Å². The Morgan fingerprint density at radius 2 is 1.94 bits per heavy atom. The number of pyridine rings is 1. The van der Waals surface area contributed by atoms with E-state index in [-0.39, 0.29) is 5.91 Å². The van der Waals surface area contributed by atoms with Crippen molar-refractivity contribution in [3.05, 3.63) is 66.5 Å². The Labute approximate surface area is 195 Å². The van der Waals surface area contributed by atoms with Gasteiger partial charge in [-0.05, 0) is 49.2 Å². The first-order valence-electron chi connectivity index (χ1n) is 12.1. The van der Waals surface area contributed by atoms with Gasteiger partial charge in [0.1, 0.15) is 0 Å². The number of H-pyrrole nitrogens is 1. The number of fused-ring (bicyclic) bond motifs is 2. The molecule has 1 amide bonds. The van der Waals surface area contributed by atoms with E-state index in [4.69, 9.17) is 0 Å². The van der Waals surface area contributed by atoms with Gasteiger partial charge in [0.25, 0.3) is 0 Å². The fourth-order valence-electron chi connectivity index (χ4n) is 5.05. The van der Waals surface area contributed by atoms with Crippen LogP contribution < -0.4 is 5.32 Å². The summed E-state index contributed by atoms with van der Waals surface area (Å²) >= 11 is 0. The van der Waals surface area contributed by atoms with E-state index >= 15 is 0 Å². The fourth-order valence-corrected chi connectivity index (χ4v) is 5.05. The van der Waals surface area contributed by atoms with Crippen molar-refractivity contribution in [2.45, 2.75) is 44.6 Å². The molecule has 0 atom stereocenters. The highest BCUT2D eigenvalue weighted by Gasteiger charge is 2.17. The number of hydrogen-bond acceptors (Lipinski definition) is 3. The van der Waals surface area contributed by atoms with Crippen LogP contribution in [0, 0.1) is 0 Å². The molecule has 0 aliphatic heterocycles. The van der Waals surface area contributed by atoms with Crippen LogP contribution in [0.15, 0.2) is 60.9 Å². The van der Waals surface area contributed by atoms with Crippen molar-refractivity contribution in [1.82, 2.24) is 20.2 Å². The van der Waals surface area contributed by atoms with Crippen molar-refractivity contribution in [2.75, 3.05) is 20.1 Å². The van der Waals surface area contributed by atoms with Gasteiger partial charge in [-0.1, -0.05) is 49.6 Å². The van der Waals surface area contributed by atoms with Crippen LogP contribution in [0.3, 0.4) is 0 Å². The SMILES string of the molecule is CN(CCNC(=O)Cc1c[nH]c2cc(-c3cnc4ccccc4c3)ccc12)C1CCCCC1. The van der Waals surface area contributed by atoms with Gasteiger partial charge >= 0.3 is 0 Å². The second kappa shape index (κ2) is 9.75. The van der Waals surface area contributed by atoms with Crippen LogP contribution >= 0.6 is 0 Å². The van der Waals surface area contributed by atoms with E-state index in [0.717, 1.165) is 45.0 Å². The number of amides is 1. The Bertz CT molecular complexity index is 1260. The minimum Gasteiger partial charge on any atom is -0.361 e. The molecule has 5 heteroatoms. The van der Waals surface area contributed by atoms with E-state index in [1.54, 1.807) is 0 Å². The van der Waals surface area contributed by atoms with E-state index in [1.165, 1.54) is 32.1 Å². The zero-order valence-electron chi connectivity index (χ0n) is 19.3. The largest absolute Gasteiger partial charge is 0.361 e. The zero-order chi connectivity index (χ0) is 22.6. The first kappa shape index (κ1) is 21.7. The molecule has 0 spiro atoms. The van der Waals surface area contributed by atoms with E-state index in [0.29, 0.717) is 19.0 Å². The van der Waals surface area contributed by atoms with Gasteiger partial charge in [-0.25, -0.2) is 0 Å². The van der Waals surface area contributed by atoms with Gasteiger partial charge in [0, 0.05) is 53.4 Å². The van der Waals surface area contributed by atoms with Crippen LogP contribution in [-0.2, 0) is 11.2 Å². The van der Waals surface area contributed by atoms with Crippen LogP contribution in [0.5, 0.6) is 0 Å². The molecule has 2 heterocycles. The number of para-hydroxylation sites is 1. The molecule has 2 aromatic heterocycles. The number of rotatable bonds is 7. The molecule has 5 rings (SSSR count). The van der Waals surface area contributed by atoms with Crippen LogP contribution in [0.25, 0.3) is 32.9 Å². The number of aromatic amines is 1. The molecule has 0 unspecified atom stereocenters. The smallest absolute Gasteiger partial charge is 0.224 e. The lowest BCUT2D eigenvalue weighted by Crippen LogP contribution is -2.39. The number of nitrogens with one attached hydrogen (secondary N) is 2. The highest BCUT2D eigenvalue weighted by Crippen LogP contribution is 2.28. The summed E-state index contributed by atoms with van der Waals surface area (Å²) in [5.41, 5.74) is 5.28. The highest BCUT2D eigenvalue weighted by molar-refractivity contribution is 5.92. The lowest BCUT2D eigenvalue weighted by atomic mass is 9.94. The monoisotopic (exact) mass is 440 g/mol. The summed E-state index contributed by atoms with van der Waals surface area (Å²) in [5.74, 6) is 0.0794. The maximum absolute atomic E-state index is 12.6. The number of aromatic nitrogens is 2. The number of benzene rings is 2. The molecule has 1 aliphatic carbocycles. The van der Waals surface area contributed by atoms with Crippen molar-refractivity contribution >= 4 is 27.7 Å². The van der Waals surface area contributed by atoms with Crippen LogP contribution in [-0.4, -0.2) is 47.0 Å². The average Bonchev–Trinajstić information content (AvgIpc) is 3.26. The number of likely N-dealkylation sites (N-methyl/N-ethyl adjacent to an activating group) is 1. The van der Waals surface area contributed by atoms with Crippen LogP contribution in [0.2, 0.25) is 0 Å².